The lowest BCUT2D eigenvalue weighted by atomic mass is 10.2. The molecule has 3 rings (SSSR count). The smallest absolute Gasteiger partial charge is 0.227 e. The van der Waals surface area contributed by atoms with Gasteiger partial charge in [0.05, 0.1) is 26.1 Å². The van der Waals surface area contributed by atoms with Gasteiger partial charge in [0.15, 0.2) is 17.0 Å². The summed E-state index contributed by atoms with van der Waals surface area (Å²) in [6.07, 6.45) is 2.56. The van der Waals surface area contributed by atoms with E-state index < -0.39 is 0 Å². The molecule has 8 nitrogen and oxygen atoms in total. The lowest BCUT2D eigenvalue weighted by Gasteiger charge is -2.21. The highest BCUT2D eigenvalue weighted by Gasteiger charge is 2.19. The zero-order chi connectivity index (χ0) is 20.3. The second-order valence-electron chi connectivity index (χ2n) is 6.98. The Morgan fingerprint density at radius 2 is 1.93 bits per heavy atom. The molecule has 8 heteroatoms. The fourth-order valence-electron chi connectivity index (χ4n) is 2.97. The van der Waals surface area contributed by atoms with Crippen LogP contribution in [-0.2, 0) is 0 Å². The van der Waals surface area contributed by atoms with E-state index in [2.05, 4.69) is 29.1 Å². The summed E-state index contributed by atoms with van der Waals surface area (Å²) in [7, 11) is 3.60. The highest BCUT2D eigenvalue weighted by Crippen LogP contribution is 2.31. The number of aliphatic hydroxyl groups is 1. The quantitative estimate of drug-likeness (QED) is 0.615. The van der Waals surface area contributed by atoms with Gasteiger partial charge >= 0.3 is 0 Å². The van der Waals surface area contributed by atoms with Crippen molar-refractivity contribution < 1.29 is 9.84 Å². The van der Waals surface area contributed by atoms with E-state index in [1.807, 2.05) is 47.7 Å². The molecule has 0 bridgehead atoms. The minimum atomic E-state index is -0.105. The fourth-order valence-corrected chi connectivity index (χ4v) is 2.97. The van der Waals surface area contributed by atoms with E-state index >= 15 is 0 Å². The molecule has 0 fully saturated rings. The number of rotatable bonds is 8. The Bertz CT molecular complexity index is 918. The highest BCUT2D eigenvalue weighted by atomic mass is 16.5. The molecule has 0 spiro atoms. The van der Waals surface area contributed by atoms with Gasteiger partial charge in [0.2, 0.25) is 5.95 Å². The van der Waals surface area contributed by atoms with Crippen molar-refractivity contribution in [1.82, 2.24) is 19.5 Å². The molecule has 2 N–H and O–H groups in total. The van der Waals surface area contributed by atoms with E-state index in [0.717, 1.165) is 29.0 Å². The van der Waals surface area contributed by atoms with Crippen LogP contribution in [0.2, 0.25) is 0 Å². The first-order valence-electron chi connectivity index (χ1n) is 9.48. The summed E-state index contributed by atoms with van der Waals surface area (Å²) in [5.41, 5.74) is 2.45. The first-order chi connectivity index (χ1) is 13.5. The Balaban J connectivity index is 2.10. The number of ether oxygens (including phenoxy) is 1. The number of hydrogen-bond donors (Lipinski definition) is 2. The molecular weight excluding hydrogens is 356 g/mol. The Morgan fingerprint density at radius 1 is 1.21 bits per heavy atom. The van der Waals surface area contributed by atoms with Crippen molar-refractivity contribution in [2.45, 2.75) is 39.3 Å². The van der Waals surface area contributed by atoms with E-state index in [4.69, 9.17) is 9.72 Å². The lowest BCUT2D eigenvalue weighted by molar-refractivity contribution is 0.271. The van der Waals surface area contributed by atoms with Crippen LogP contribution in [0.15, 0.2) is 30.6 Å². The van der Waals surface area contributed by atoms with E-state index in [1.165, 1.54) is 0 Å². The van der Waals surface area contributed by atoms with Gasteiger partial charge in [-0.2, -0.15) is 9.97 Å². The molecule has 1 aromatic carbocycles. The zero-order valence-corrected chi connectivity index (χ0v) is 17.0. The zero-order valence-electron chi connectivity index (χ0n) is 17.0. The van der Waals surface area contributed by atoms with Gasteiger partial charge in [0.25, 0.3) is 0 Å². The van der Waals surface area contributed by atoms with E-state index in [0.29, 0.717) is 11.8 Å². The van der Waals surface area contributed by atoms with Crippen molar-refractivity contribution in [3.63, 3.8) is 0 Å². The largest absolute Gasteiger partial charge is 0.497 e. The molecule has 0 aliphatic heterocycles. The second-order valence-corrected chi connectivity index (χ2v) is 6.98. The molecule has 0 aliphatic carbocycles. The molecule has 2 heterocycles. The molecule has 150 valence electrons. The van der Waals surface area contributed by atoms with Crippen LogP contribution in [0.25, 0.3) is 11.2 Å². The van der Waals surface area contributed by atoms with Gasteiger partial charge in [-0.1, -0.05) is 6.92 Å². The topological polar surface area (TPSA) is 88.3 Å². The molecule has 0 amide bonds. The minimum absolute atomic E-state index is 0.0188. The van der Waals surface area contributed by atoms with Crippen molar-refractivity contribution in [3.8, 4) is 5.75 Å². The van der Waals surface area contributed by atoms with Crippen LogP contribution < -0.4 is 15.0 Å². The van der Waals surface area contributed by atoms with Gasteiger partial charge in [-0.15, -0.1) is 0 Å². The van der Waals surface area contributed by atoms with E-state index in [9.17, 15) is 5.11 Å². The number of nitrogens with zero attached hydrogens (tertiary/aromatic N) is 5. The molecule has 0 radical (unpaired) electrons. The van der Waals surface area contributed by atoms with Crippen LogP contribution in [0.1, 0.15) is 33.2 Å². The van der Waals surface area contributed by atoms with Crippen LogP contribution in [0, 0.1) is 0 Å². The second kappa shape index (κ2) is 8.43. The molecule has 2 aromatic heterocycles. The third-order valence-electron chi connectivity index (χ3n) is 4.78. The van der Waals surface area contributed by atoms with Gasteiger partial charge in [-0.25, -0.2) is 4.98 Å². The third kappa shape index (κ3) is 3.87. The molecule has 3 aromatic rings. The SMILES string of the molecule is CC[C@H](CO)Nc1nc(N(C)c2ccc(OC)cc2)c2ncn(C(C)C)c2n1. The number of benzene rings is 1. The van der Waals surface area contributed by atoms with Crippen molar-refractivity contribution in [2.24, 2.45) is 0 Å². The summed E-state index contributed by atoms with van der Waals surface area (Å²) >= 11 is 0. The van der Waals surface area contributed by atoms with Crippen molar-refractivity contribution in [2.75, 3.05) is 31.0 Å². The number of aliphatic hydroxyl groups excluding tert-OH is 1. The summed E-state index contributed by atoms with van der Waals surface area (Å²) in [4.78, 5) is 15.9. The van der Waals surface area contributed by atoms with Crippen molar-refractivity contribution in [1.29, 1.82) is 0 Å². The van der Waals surface area contributed by atoms with Gasteiger partial charge in [0, 0.05) is 18.8 Å². The first kappa shape index (κ1) is 19.9. The standard InChI is InChI=1S/C20H28N6O2/c1-6-14(11-27)22-20-23-18(17-19(24-20)26(12-21-17)13(2)3)25(4)15-7-9-16(28-5)10-8-15/h7-10,12-14,27H,6,11H2,1-5H3,(H,22,23,24)/t14-/m1/s1. The molecule has 0 saturated heterocycles. The molecule has 1 atom stereocenters. The Hall–Kier alpha value is -2.87. The maximum atomic E-state index is 9.55. The molecule has 0 aliphatic rings. The monoisotopic (exact) mass is 384 g/mol. The molecule has 28 heavy (non-hydrogen) atoms. The van der Waals surface area contributed by atoms with Gasteiger partial charge < -0.3 is 24.6 Å². The maximum absolute atomic E-state index is 9.55. The summed E-state index contributed by atoms with van der Waals surface area (Å²) < 4.78 is 7.27. The Morgan fingerprint density at radius 3 is 2.50 bits per heavy atom. The molecular formula is C20H28N6O2. The number of methoxy groups -OCH3 is 1. The number of imidazole rings is 1. The molecule has 0 unspecified atom stereocenters. The van der Waals surface area contributed by atoms with Gasteiger partial charge in [0.1, 0.15) is 5.75 Å². The summed E-state index contributed by atoms with van der Waals surface area (Å²) in [5.74, 6) is 1.97. The van der Waals surface area contributed by atoms with Crippen LogP contribution >= 0.6 is 0 Å². The van der Waals surface area contributed by atoms with E-state index in [-0.39, 0.29) is 18.7 Å². The summed E-state index contributed by atoms with van der Waals surface area (Å²) in [5, 5.41) is 12.8. The van der Waals surface area contributed by atoms with Crippen LogP contribution in [-0.4, -0.2) is 51.4 Å². The number of hydrogen-bond acceptors (Lipinski definition) is 7. The first-order valence-corrected chi connectivity index (χ1v) is 9.48. The van der Waals surface area contributed by atoms with Gasteiger partial charge in [-0.05, 0) is 44.5 Å². The Kier molecular flexibility index (Phi) is 5.99. The normalized spacial score (nSPS) is 12.4. The number of fused-ring (bicyclic) bond motifs is 1. The van der Waals surface area contributed by atoms with Crippen molar-refractivity contribution >= 4 is 28.6 Å². The number of nitrogens with one attached hydrogen (secondary N) is 1. The lowest BCUT2D eigenvalue weighted by Crippen LogP contribution is -2.24. The highest BCUT2D eigenvalue weighted by molar-refractivity contribution is 5.87. The van der Waals surface area contributed by atoms with Crippen molar-refractivity contribution in [3.05, 3.63) is 30.6 Å². The average molecular weight is 384 g/mol. The van der Waals surface area contributed by atoms with Crippen LogP contribution in [0.5, 0.6) is 5.75 Å². The van der Waals surface area contributed by atoms with E-state index in [1.54, 1.807) is 13.4 Å². The maximum Gasteiger partial charge on any atom is 0.227 e. The fraction of sp³-hybridized carbons (Fsp3) is 0.450. The predicted molar refractivity (Wildman–Crippen MR) is 112 cm³/mol. The average Bonchev–Trinajstić information content (AvgIpc) is 3.15. The third-order valence-corrected chi connectivity index (χ3v) is 4.78. The van der Waals surface area contributed by atoms with Crippen LogP contribution in [0.3, 0.4) is 0 Å². The Labute approximate surface area is 165 Å². The van der Waals surface area contributed by atoms with Gasteiger partial charge in [-0.3, -0.25) is 0 Å². The summed E-state index contributed by atoms with van der Waals surface area (Å²) in [6, 6.07) is 7.88. The molecule has 0 saturated carbocycles. The number of anilines is 3. The number of aromatic nitrogens is 4. The summed E-state index contributed by atoms with van der Waals surface area (Å²) in [6.45, 7) is 6.21. The van der Waals surface area contributed by atoms with Crippen LogP contribution in [0.4, 0.5) is 17.5 Å². The minimum Gasteiger partial charge on any atom is -0.497 e. The predicted octanol–water partition coefficient (Wildman–Crippen LogP) is 3.37.